The van der Waals surface area contributed by atoms with E-state index in [9.17, 15) is 14.7 Å². The molecule has 9 heteroatoms. The van der Waals surface area contributed by atoms with Crippen LogP contribution in [0.3, 0.4) is 0 Å². The lowest BCUT2D eigenvalue weighted by molar-refractivity contribution is -0.275. The molecular weight excluding hydrogens is 546 g/mol. The number of esters is 1. The number of benzene rings is 3. The molecule has 1 fully saturated rings. The van der Waals surface area contributed by atoms with Crippen molar-refractivity contribution in [3.8, 4) is 0 Å². The number of hydrogen-bond acceptors (Lipinski definition) is 7. The standard InChI is InChI=1S/C34H41N3O6/c1-5-19-37(3)21-30-23(2)31(26-13-11-25(22-38)12-14-26)43-33(42-30)27-15-17-28(18-16-27)35-34(40)36-29(32(39)41-4)20-24-9-7-6-8-10-24/h5-18,23,29-31,33,38H,1,19-22H2,2-4H3,(H2,35,36,40). The van der Waals surface area contributed by atoms with Gasteiger partial charge in [0.25, 0.3) is 0 Å². The second-order valence-corrected chi connectivity index (χ2v) is 10.8. The summed E-state index contributed by atoms with van der Waals surface area (Å²) >= 11 is 0. The number of nitrogens with zero attached hydrogens (tertiary/aromatic N) is 1. The second-order valence-electron chi connectivity index (χ2n) is 10.8. The molecule has 3 N–H and O–H groups in total. The van der Waals surface area contributed by atoms with Crippen LogP contribution >= 0.6 is 0 Å². The van der Waals surface area contributed by atoms with Gasteiger partial charge in [-0.3, -0.25) is 0 Å². The van der Waals surface area contributed by atoms with E-state index in [0.29, 0.717) is 18.7 Å². The number of methoxy groups -OCH3 is 1. The van der Waals surface area contributed by atoms with Gasteiger partial charge in [-0.05, 0) is 35.9 Å². The van der Waals surface area contributed by atoms with E-state index in [1.54, 1.807) is 12.1 Å². The number of ether oxygens (including phenoxy) is 3. The monoisotopic (exact) mass is 587 g/mol. The van der Waals surface area contributed by atoms with Crippen LogP contribution in [-0.4, -0.2) is 61.4 Å². The summed E-state index contributed by atoms with van der Waals surface area (Å²) in [5.74, 6) is -0.462. The van der Waals surface area contributed by atoms with Crippen LogP contribution in [0.25, 0.3) is 0 Å². The number of urea groups is 1. The molecule has 43 heavy (non-hydrogen) atoms. The molecule has 0 saturated carbocycles. The number of nitrogens with one attached hydrogen (secondary N) is 2. The molecule has 228 valence electrons. The molecule has 1 aliphatic rings. The molecular formula is C34H41N3O6. The van der Waals surface area contributed by atoms with Gasteiger partial charge in [0.2, 0.25) is 0 Å². The molecule has 3 aromatic rings. The van der Waals surface area contributed by atoms with Crippen molar-refractivity contribution < 1.29 is 28.9 Å². The number of aliphatic hydroxyl groups is 1. The Kier molecular flexibility index (Phi) is 11.5. The van der Waals surface area contributed by atoms with E-state index in [-0.39, 0.29) is 24.7 Å². The predicted molar refractivity (Wildman–Crippen MR) is 165 cm³/mol. The molecule has 1 saturated heterocycles. The van der Waals surface area contributed by atoms with Crippen LogP contribution in [0.15, 0.2) is 91.5 Å². The quantitative estimate of drug-likeness (QED) is 0.202. The van der Waals surface area contributed by atoms with Crippen molar-refractivity contribution in [3.05, 3.63) is 114 Å². The number of hydrogen-bond donors (Lipinski definition) is 3. The van der Waals surface area contributed by atoms with E-state index >= 15 is 0 Å². The molecule has 9 nitrogen and oxygen atoms in total. The van der Waals surface area contributed by atoms with Crippen LogP contribution in [-0.2, 0) is 32.0 Å². The van der Waals surface area contributed by atoms with Gasteiger partial charge in [-0.25, -0.2) is 9.59 Å². The van der Waals surface area contributed by atoms with E-state index in [1.807, 2.05) is 79.9 Å². The van der Waals surface area contributed by atoms with E-state index in [0.717, 1.165) is 28.8 Å². The maximum absolute atomic E-state index is 12.8. The first kappa shape index (κ1) is 31.9. The predicted octanol–water partition coefficient (Wildman–Crippen LogP) is 4.99. The van der Waals surface area contributed by atoms with Gasteiger partial charge in [0, 0.05) is 36.7 Å². The van der Waals surface area contributed by atoms with Crippen molar-refractivity contribution in [1.29, 1.82) is 0 Å². The van der Waals surface area contributed by atoms with Crippen molar-refractivity contribution in [2.45, 2.75) is 44.5 Å². The second kappa shape index (κ2) is 15.5. The van der Waals surface area contributed by atoms with Crippen molar-refractivity contribution >= 4 is 17.7 Å². The van der Waals surface area contributed by atoms with Crippen LogP contribution in [0.1, 0.15) is 41.6 Å². The zero-order chi connectivity index (χ0) is 30.8. The highest BCUT2D eigenvalue weighted by molar-refractivity contribution is 5.92. The van der Waals surface area contributed by atoms with E-state index in [4.69, 9.17) is 14.2 Å². The Balaban J connectivity index is 1.46. The van der Waals surface area contributed by atoms with Crippen LogP contribution in [0.5, 0.6) is 0 Å². The third kappa shape index (κ3) is 8.75. The maximum Gasteiger partial charge on any atom is 0.328 e. The highest BCUT2D eigenvalue weighted by Gasteiger charge is 2.38. The smallest absolute Gasteiger partial charge is 0.328 e. The van der Waals surface area contributed by atoms with Crippen LogP contribution in [0.2, 0.25) is 0 Å². The van der Waals surface area contributed by atoms with Crippen molar-refractivity contribution in [2.75, 3.05) is 32.6 Å². The number of aliphatic hydroxyl groups excluding tert-OH is 1. The fraction of sp³-hybridized carbons (Fsp3) is 0.353. The number of amides is 2. The fourth-order valence-electron chi connectivity index (χ4n) is 5.16. The lowest BCUT2D eigenvalue weighted by Crippen LogP contribution is -2.45. The van der Waals surface area contributed by atoms with Gasteiger partial charge in [0.1, 0.15) is 6.04 Å². The molecule has 5 unspecified atom stereocenters. The lowest BCUT2D eigenvalue weighted by atomic mass is 9.90. The number of anilines is 1. The lowest BCUT2D eigenvalue weighted by Gasteiger charge is -2.42. The third-order valence-corrected chi connectivity index (χ3v) is 7.57. The third-order valence-electron chi connectivity index (χ3n) is 7.57. The normalized spacial score (nSPS) is 20.7. The highest BCUT2D eigenvalue weighted by atomic mass is 16.7. The van der Waals surface area contributed by atoms with Gasteiger partial charge in [-0.2, -0.15) is 0 Å². The molecule has 5 atom stereocenters. The van der Waals surface area contributed by atoms with Crippen LogP contribution in [0, 0.1) is 5.92 Å². The Morgan fingerprint density at radius 2 is 1.67 bits per heavy atom. The van der Waals surface area contributed by atoms with Gasteiger partial charge in [-0.1, -0.05) is 79.7 Å². The molecule has 1 heterocycles. The summed E-state index contributed by atoms with van der Waals surface area (Å²) in [4.78, 5) is 27.3. The largest absolute Gasteiger partial charge is 0.467 e. The molecule has 0 aliphatic carbocycles. The summed E-state index contributed by atoms with van der Waals surface area (Å²) in [6.07, 6.45) is 1.20. The van der Waals surface area contributed by atoms with Gasteiger partial charge in [0.05, 0.1) is 25.9 Å². The number of carbonyl (C=O) groups excluding carboxylic acids is 2. The summed E-state index contributed by atoms with van der Waals surface area (Å²) in [5, 5.41) is 15.0. The molecule has 0 spiro atoms. The van der Waals surface area contributed by atoms with E-state index in [2.05, 4.69) is 29.0 Å². The van der Waals surface area contributed by atoms with Gasteiger partial charge >= 0.3 is 12.0 Å². The average Bonchev–Trinajstić information content (AvgIpc) is 3.02. The summed E-state index contributed by atoms with van der Waals surface area (Å²) in [6.45, 7) is 7.38. The summed E-state index contributed by atoms with van der Waals surface area (Å²) < 4.78 is 17.9. The van der Waals surface area contributed by atoms with Crippen molar-refractivity contribution in [1.82, 2.24) is 10.2 Å². The van der Waals surface area contributed by atoms with Gasteiger partial charge in [-0.15, -0.1) is 6.58 Å². The Hall–Kier alpha value is -4.02. The molecule has 0 radical (unpaired) electrons. The maximum atomic E-state index is 12.8. The summed E-state index contributed by atoms with van der Waals surface area (Å²) in [6, 6.07) is 23.1. The molecule has 4 rings (SSSR count). The topological polar surface area (TPSA) is 109 Å². The highest BCUT2D eigenvalue weighted by Crippen LogP contribution is 2.42. The Bertz CT molecular complexity index is 1330. The summed E-state index contributed by atoms with van der Waals surface area (Å²) in [7, 11) is 3.33. The minimum atomic E-state index is -0.836. The van der Waals surface area contributed by atoms with Crippen molar-refractivity contribution in [2.24, 2.45) is 5.92 Å². The number of likely N-dealkylation sites (N-methyl/N-ethyl adjacent to an activating group) is 1. The van der Waals surface area contributed by atoms with E-state index < -0.39 is 24.3 Å². The SMILES string of the molecule is C=CCN(C)CC1OC(c2ccc(NC(=O)NC(Cc3ccccc3)C(=O)OC)cc2)OC(c2ccc(CO)cc2)C1C. The summed E-state index contributed by atoms with van der Waals surface area (Å²) in [5.41, 5.74) is 4.11. The number of rotatable bonds is 12. The van der Waals surface area contributed by atoms with Crippen LogP contribution in [0.4, 0.5) is 10.5 Å². The molecule has 0 aromatic heterocycles. The molecule has 1 aliphatic heterocycles. The zero-order valence-corrected chi connectivity index (χ0v) is 24.9. The molecule has 0 bridgehead atoms. The van der Waals surface area contributed by atoms with Crippen molar-refractivity contribution in [3.63, 3.8) is 0 Å². The molecule has 2 amide bonds. The Labute approximate surface area is 253 Å². The first-order valence-corrected chi connectivity index (χ1v) is 14.4. The van der Waals surface area contributed by atoms with Gasteiger partial charge in [0.15, 0.2) is 6.29 Å². The fourth-order valence-corrected chi connectivity index (χ4v) is 5.16. The van der Waals surface area contributed by atoms with E-state index in [1.165, 1.54) is 7.11 Å². The minimum absolute atomic E-state index is 0.0170. The van der Waals surface area contributed by atoms with Gasteiger partial charge < -0.3 is 34.9 Å². The molecule has 3 aromatic carbocycles. The first-order valence-electron chi connectivity index (χ1n) is 14.4. The number of carbonyl (C=O) groups is 2. The Morgan fingerprint density at radius 3 is 2.30 bits per heavy atom. The Morgan fingerprint density at radius 1 is 1.00 bits per heavy atom. The van der Waals surface area contributed by atoms with Crippen LogP contribution < -0.4 is 10.6 Å². The average molecular weight is 588 g/mol. The zero-order valence-electron chi connectivity index (χ0n) is 24.9. The first-order chi connectivity index (χ1) is 20.8. The minimum Gasteiger partial charge on any atom is -0.467 e.